The number of carboxylic acid groups (broad SMARTS) is 1. The Balaban J connectivity index is 0.00000506. The normalized spacial score (nSPS) is 16.1. The lowest BCUT2D eigenvalue weighted by Crippen LogP contribution is -2.31. The van der Waals surface area contributed by atoms with Gasteiger partial charge in [0, 0.05) is 48.9 Å². The quantitative estimate of drug-likeness (QED) is 0.277. The van der Waals surface area contributed by atoms with Crippen LogP contribution in [0.25, 0.3) is 0 Å². The lowest BCUT2D eigenvalue weighted by atomic mass is 9.84. The first-order chi connectivity index (χ1) is 19.8. The van der Waals surface area contributed by atoms with E-state index in [1.54, 1.807) is 19.1 Å². The second-order valence-electron chi connectivity index (χ2n) is 11.4. The molecule has 11 nitrogen and oxygen atoms in total. The average molecular weight is 666 g/mol. The van der Waals surface area contributed by atoms with Crippen LogP contribution in [0.3, 0.4) is 0 Å². The van der Waals surface area contributed by atoms with Gasteiger partial charge in [0.15, 0.2) is 17.3 Å². The summed E-state index contributed by atoms with van der Waals surface area (Å²) in [5.41, 5.74) is 1.16. The zero-order valence-corrected chi connectivity index (χ0v) is 26.6. The lowest BCUT2D eigenvalue weighted by molar-refractivity contribution is -0.143. The summed E-state index contributed by atoms with van der Waals surface area (Å²) in [5, 5.41) is 31.3. The minimum atomic E-state index is -1.06. The molecule has 1 amide bonds. The Bertz CT molecular complexity index is 1440. The highest BCUT2D eigenvalue weighted by Gasteiger charge is 2.35. The van der Waals surface area contributed by atoms with Gasteiger partial charge in [0.1, 0.15) is 18.2 Å². The maximum atomic E-state index is 15.5. The number of nitrogens with one attached hydrogen (secondary N) is 2. The number of rotatable bonds is 10. The number of ketones is 1. The molecule has 0 radical (unpaired) electrons. The number of benzene rings is 2. The second kappa shape index (κ2) is 13.3. The number of aromatic hydroxyl groups is 1. The summed E-state index contributed by atoms with van der Waals surface area (Å²) in [7, 11) is 1.42. The highest BCUT2D eigenvalue weighted by molar-refractivity contribution is 8.93. The first-order valence-corrected chi connectivity index (χ1v) is 13.8. The summed E-state index contributed by atoms with van der Waals surface area (Å²) in [6.07, 6.45) is 0.226. The molecule has 0 aromatic heterocycles. The number of nitrogens with zero attached hydrogens (tertiary/aromatic N) is 2. The number of carboxylic acids is 1. The first kappa shape index (κ1) is 33.8. The fourth-order valence-electron chi connectivity index (χ4n) is 5.33. The molecule has 1 saturated heterocycles. The fraction of sp³-hybridized carbons (Fsp3) is 0.467. The number of amides is 1. The number of hydrogen-bond donors (Lipinski definition) is 4. The number of fused-ring (bicyclic) bond motifs is 1. The van der Waals surface area contributed by atoms with Crippen molar-refractivity contribution in [1.82, 2.24) is 10.2 Å². The van der Waals surface area contributed by atoms with Gasteiger partial charge < -0.3 is 34.8 Å². The number of anilines is 1. The van der Waals surface area contributed by atoms with Gasteiger partial charge in [0.2, 0.25) is 0 Å². The fourth-order valence-corrected chi connectivity index (χ4v) is 5.33. The summed E-state index contributed by atoms with van der Waals surface area (Å²) in [6, 6.07) is 4.65. The van der Waals surface area contributed by atoms with Crippen molar-refractivity contribution in [3.63, 3.8) is 0 Å². The molecule has 0 aliphatic carbocycles. The SMILES string of the molecule is Br.CCOc1c(C(=O)NC)cc2c(c1F)CN(CC(=O)c1cc(N3CCC(OCC(=O)O)C3)c(O)c(C(C)(C)C)c1)C2=N. The summed E-state index contributed by atoms with van der Waals surface area (Å²) in [4.78, 5) is 40.3. The molecule has 1 fully saturated rings. The Kier molecular flexibility index (Phi) is 10.4. The third-order valence-electron chi connectivity index (χ3n) is 7.49. The van der Waals surface area contributed by atoms with Crippen LogP contribution in [0.1, 0.15) is 71.5 Å². The van der Waals surface area contributed by atoms with Crippen molar-refractivity contribution in [2.75, 3.05) is 44.8 Å². The van der Waals surface area contributed by atoms with E-state index >= 15 is 4.39 Å². The molecule has 4 N–H and O–H groups in total. The predicted molar refractivity (Wildman–Crippen MR) is 164 cm³/mol. The maximum Gasteiger partial charge on any atom is 0.329 e. The number of ether oxygens (including phenoxy) is 2. The van der Waals surface area contributed by atoms with Crippen LogP contribution in [-0.2, 0) is 21.5 Å². The number of Topliss-reactive ketones (excluding diaryl/α,β-unsaturated/α-hetero) is 1. The number of aliphatic carboxylic acids is 1. The monoisotopic (exact) mass is 664 g/mol. The predicted octanol–water partition coefficient (Wildman–Crippen LogP) is 3.87. The van der Waals surface area contributed by atoms with E-state index in [-0.39, 0.29) is 82.6 Å². The number of carbonyl (C=O) groups is 3. The molecule has 0 spiro atoms. The molecule has 4 rings (SSSR count). The van der Waals surface area contributed by atoms with Crippen LogP contribution in [0.4, 0.5) is 10.1 Å². The summed E-state index contributed by atoms with van der Waals surface area (Å²) < 4.78 is 26.4. The molecule has 1 unspecified atom stereocenters. The van der Waals surface area contributed by atoms with E-state index in [4.69, 9.17) is 20.0 Å². The van der Waals surface area contributed by atoms with Crippen molar-refractivity contribution < 1.29 is 38.5 Å². The molecule has 0 bridgehead atoms. The van der Waals surface area contributed by atoms with Gasteiger partial charge in [0.05, 0.1) is 30.5 Å². The van der Waals surface area contributed by atoms with E-state index in [1.807, 2.05) is 25.7 Å². The van der Waals surface area contributed by atoms with Crippen LogP contribution < -0.4 is 15.0 Å². The minimum absolute atomic E-state index is 0. The van der Waals surface area contributed by atoms with Crippen molar-refractivity contribution in [2.45, 2.75) is 52.2 Å². The molecule has 2 aromatic rings. The molecular weight excluding hydrogens is 627 g/mol. The van der Waals surface area contributed by atoms with Crippen LogP contribution in [-0.4, -0.2) is 84.6 Å². The number of halogens is 2. The largest absolute Gasteiger partial charge is 0.505 e. The van der Waals surface area contributed by atoms with Crippen LogP contribution in [0, 0.1) is 11.2 Å². The van der Waals surface area contributed by atoms with Crippen molar-refractivity contribution in [1.29, 1.82) is 5.41 Å². The lowest BCUT2D eigenvalue weighted by Gasteiger charge is -2.27. The number of amidine groups is 1. The van der Waals surface area contributed by atoms with Gasteiger partial charge in [-0.3, -0.25) is 15.0 Å². The molecule has 2 heterocycles. The standard InChI is InChI=1S/C30H37FN4O7.BrH/c1-6-41-27-19(29(40)33-5)11-18-20(25(27)31)13-35(28(18)32)14-23(36)16-9-21(30(2,3)4)26(39)22(10-16)34-8-7-17(12-34)42-15-24(37)38;/h9-11,17,32,39H,6-8,12-15H2,1-5H3,(H,33,40)(H,37,38);1H. The summed E-state index contributed by atoms with van der Waals surface area (Å²) in [5.74, 6) is -2.92. The Morgan fingerprint density at radius 1 is 1.21 bits per heavy atom. The Hall–Kier alpha value is -3.71. The molecule has 2 aromatic carbocycles. The maximum absolute atomic E-state index is 15.5. The van der Waals surface area contributed by atoms with Crippen LogP contribution in [0.5, 0.6) is 11.5 Å². The van der Waals surface area contributed by atoms with Gasteiger partial charge in [0.25, 0.3) is 5.91 Å². The van der Waals surface area contributed by atoms with Gasteiger partial charge in [-0.1, -0.05) is 20.8 Å². The molecule has 1 atom stereocenters. The number of hydrogen-bond acceptors (Lipinski definition) is 8. The molecule has 2 aliphatic heterocycles. The third kappa shape index (κ3) is 6.93. The smallest absolute Gasteiger partial charge is 0.329 e. The van der Waals surface area contributed by atoms with Gasteiger partial charge >= 0.3 is 5.97 Å². The molecule has 2 aliphatic rings. The Morgan fingerprint density at radius 3 is 2.51 bits per heavy atom. The van der Waals surface area contributed by atoms with Crippen molar-refractivity contribution in [3.05, 3.63) is 51.8 Å². The Morgan fingerprint density at radius 2 is 1.91 bits per heavy atom. The minimum Gasteiger partial charge on any atom is -0.505 e. The van der Waals surface area contributed by atoms with Gasteiger partial charge in [-0.2, -0.15) is 0 Å². The topological polar surface area (TPSA) is 152 Å². The molecule has 43 heavy (non-hydrogen) atoms. The van der Waals surface area contributed by atoms with Crippen LogP contribution in [0.2, 0.25) is 0 Å². The zero-order valence-electron chi connectivity index (χ0n) is 24.9. The van der Waals surface area contributed by atoms with Crippen LogP contribution >= 0.6 is 17.0 Å². The van der Waals surface area contributed by atoms with E-state index in [2.05, 4.69) is 5.32 Å². The van der Waals surface area contributed by atoms with Crippen molar-refractivity contribution in [2.24, 2.45) is 0 Å². The van der Waals surface area contributed by atoms with E-state index in [9.17, 15) is 19.5 Å². The molecule has 13 heteroatoms. The second-order valence-corrected chi connectivity index (χ2v) is 11.4. The van der Waals surface area contributed by atoms with Gasteiger partial charge in [-0.15, -0.1) is 17.0 Å². The van der Waals surface area contributed by atoms with E-state index in [0.29, 0.717) is 36.3 Å². The van der Waals surface area contributed by atoms with E-state index in [1.165, 1.54) is 18.0 Å². The molecule has 234 valence electrons. The zero-order chi connectivity index (χ0) is 30.9. The molecular formula is C30H38BrFN4O7. The van der Waals surface area contributed by atoms with Crippen molar-refractivity contribution in [3.8, 4) is 11.5 Å². The third-order valence-corrected chi connectivity index (χ3v) is 7.49. The first-order valence-electron chi connectivity index (χ1n) is 13.8. The van der Waals surface area contributed by atoms with Crippen LogP contribution in [0.15, 0.2) is 18.2 Å². The number of phenols is 1. The van der Waals surface area contributed by atoms with E-state index < -0.39 is 29.7 Å². The van der Waals surface area contributed by atoms with Crippen molar-refractivity contribution >= 4 is 46.2 Å². The average Bonchev–Trinajstić information content (AvgIpc) is 3.52. The Labute approximate surface area is 260 Å². The summed E-state index contributed by atoms with van der Waals surface area (Å²) >= 11 is 0. The summed E-state index contributed by atoms with van der Waals surface area (Å²) in [6.45, 7) is 7.71. The molecule has 0 saturated carbocycles. The highest BCUT2D eigenvalue weighted by Crippen LogP contribution is 2.41. The number of carbonyl (C=O) groups excluding carboxylic acids is 2. The van der Waals surface area contributed by atoms with E-state index in [0.717, 1.165) is 0 Å². The van der Waals surface area contributed by atoms with Gasteiger partial charge in [-0.25, -0.2) is 9.18 Å². The van der Waals surface area contributed by atoms with Gasteiger partial charge in [-0.05, 0) is 37.0 Å². The number of phenolic OH excluding ortho intramolecular Hbond substituents is 1. The highest BCUT2D eigenvalue weighted by atomic mass is 79.9.